The Morgan fingerprint density at radius 3 is 2.96 bits per heavy atom. The van der Waals surface area contributed by atoms with Gasteiger partial charge in [-0.15, -0.1) is 0 Å². The molecule has 3 atom stereocenters. The summed E-state index contributed by atoms with van der Waals surface area (Å²) in [7, 11) is 1.63. The molecular weight excluding hydrogens is 336 g/mol. The van der Waals surface area contributed by atoms with E-state index >= 15 is 0 Å². The van der Waals surface area contributed by atoms with Crippen molar-refractivity contribution in [3.63, 3.8) is 0 Å². The van der Waals surface area contributed by atoms with E-state index < -0.39 is 0 Å². The molecule has 3 unspecified atom stereocenters. The Balaban J connectivity index is 1.63. The smallest absolute Gasteiger partial charge is 0.251 e. The van der Waals surface area contributed by atoms with Gasteiger partial charge in [-0.1, -0.05) is 42.0 Å². The monoisotopic (exact) mass is 362 g/mol. The van der Waals surface area contributed by atoms with E-state index in [1.54, 1.807) is 7.11 Å². The third-order valence-corrected chi connectivity index (χ3v) is 5.62. The van der Waals surface area contributed by atoms with Crippen LogP contribution in [0.1, 0.15) is 45.4 Å². The number of hydrogen-bond acceptors (Lipinski definition) is 3. The number of methoxy groups -OCH3 is 1. The molecule has 2 aromatic carbocycles. The van der Waals surface area contributed by atoms with Crippen molar-refractivity contribution in [1.82, 2.24) is 5.32 Å². The molecule has 1 amide bonds. The number of rotatable bonds is 5. The highest BCUT2D eigenvalue weighted by Gasteiger charge is 2.38. The molecule has 1 aliphatic heterocycles. The number of amides is 1. The van der Waals surface area contributed by atoms with Crippen molar-refractivity contribution < 1.29 is 9.53 Å². The number of carbonyl (C=O) groups is 1. The molecule has 2 aromatic rings. The minimum atomic E-state index is -0.0471. The first-order valence-electron chi connectivity index (χ1n) is 9.58. The minimum Gasteiger partial charge on any atom is -0.383 e. The van der Waals surface area contributed by atoms with Gasteiger partial charge in [0.05, 0.1) is 12.6 Å². The minimum absolute atomic E-state index is 0.0471. The van der Waals surface area contributed by atoms with Gasteiger partial charge in [0.1, 0.15) is 0 Å². The fourth-order valence-corrected chi connectivity index (χ4v) is 4.30. The number of allylic oxidation sites excluding steroid dienone is 2. The fourth-order valence-electron chi connectivity index (χ4n) is 4.30. The van der Waals surface area contributed by atoms with Crippen molar-refractivity contribution in [2.75, 3.05) is 25.6 Å². The first kappa shape index (κ1) is 17.8. The molecule has 4 heteroatoms. The van der Waals surface area contributed by atoms with E-state index in [0.29, 0.717) is 36.6 Å². The lowest BCUT2D eigenvalue weighted by atomic mass is 9.76. The highest BCUT2D eigenvalue weighted by atomic mass is 16.5. The van der Waals surface area contributed by atoms with E-state index in [9.17, 15) is 4.79 Å². The standard InChI is InChI=1S/C23H26N2O2/c1-15-5-3-6-16(13-15)22-19-8-4-7-18(19)20-14-17(9-10-21(20)25-22)23(26)24-11-12-27-2/h3-7,9-10,13-14,18-19,22,25H,8,11-12H2,1-2H3,(H,24,26). The predicted molar refractivity (Wildman–Crippen MR) is 108 cm³/mol. The molecule has 0 spiro atoms. The van der Waals surface area contributed by atoms with Gasteiger partial charge >= 0.3 is 0 Å². The van der Waals surface area contributed by atoms with Crippen LogP contribution >= 0.6 is 0 Å². The number of benzene rings is 2. The third kappa shape index (κ3) is 3.50. The number of fused-ring (bicyclic) bond motifs is 3. The van der Waals surface area contributed by atoms with Crippen LogP contribution in [0.15, 0.2) is 54.6 Å². The second kappa shape index (κ2) is 7.57. The first-order valence-corrected chi connectivity index (χ1v) is 9.58. The van der Waals surface area contributed by atoms with Crippen LogP contribution in [-0.4, -0.2) is 26.2 Å². The molecule has 140 valence electrons. The molecule has 0 radical (unpaired) electrons. The van der Waals surface area contributed by atoms with Gasteiger partial charge < -0.3 is 15.4 Å². The molecule has 2 aliphatic rings. The van der Waals surface area contributed by atoms with Crippen molar-refractivity contribution in [3.05, 3.63) is 76.9 Å². The summed E-state index contributed by atoms with van der Waals surface area (Å²) in [5.74, 6) is 0.777. The normalized spacial score (nSPS) is 22.7. The van der Waals surface area contributed by atoms with E-state index in [0.717, 1.165) is 12.1 Å². The van der Waals surface area contributed by atoms with Crippen LogP contribution in [0, 0.1) is 12.8 Å². The van der Waals surface area contributed by atoms with E-state index in [-0.39, 0.29) is 5.91 Å². The number of aryl methyl sites for hydroxylation is 1. The van der Waals surface area contributed by atoms with Crippen LogP contribution in [0.4, 0.5) is 5.69 Å². The van der Waals surface area contributed by atoms with Gasteiger partial charge in [0.15, 0.2) is 0 Å². The van der Waals surface area contributed by atoms with Crippen LogP contribution in [0.2, 0.25) is 0 Å². The highest BCUT2D eigenvalue weighted by Crippen LogP contribution is 2.49. The summed E-state index contributed by atoms with van der Waals surface area (Å²) in [6, 6.07) is 15.0. The molecule has 0 saturated carbocycles. The van der Waals surface area contributed by atoms with E-state index in [1.807, 2.05) is 18.2 Å². The number of ether oxygens (including phenoxy) is 1. The number of carbonyl (C=O) groups excluding carboxylic acids is 1. The van der Waals surface area contributed by atoms with Crippen LogP contribution in [0.5, 0.6) is 0 Å². The third-order valence-electron chi connectivity index (χ3n) is 5.62. The SMILES string of the molecule is COCCNC(=O)c1ccc2c(c1)C1C=CCC1C(c1cccc(C)c1)N2. The van der Waals surface area contributed by atoms with Crippen molar-refractivity contribution in [2.45, 2.75) is 25.3 Å². The van der Waals surface area contributed by atoms with Crippen molar-refractivity contribution in [1.29, 1.82) is 0 Å². The van der Waals surface area contributed by atoms with Crippen LogP contribution in [0.25, 0.3) is 0 Å². The van der Waals surface area contributed by atoms with E-state index in [2.05, 4.69) is 54.0 Å². The molecule has 0 saturated heterocycles. The molecule has 1 heterocycles. The van der Waals surface area contributed by atoms with Crippen LogP contribution in [0.3, 0.4) is 0 Å². The van der Waals surface area contributed by atoms with Crippen molar-refractivity contribution >= 4 is 11.6 Å². The molecule has 2 N–H and O–H groups in total. The fraction of sp³-hybridized carbons (Fsp3) is 0.348. The Bertz CT molecular complexity index is 874. The second-order valence-corrected chi connectivity index (χ2v) is 7.44. The summed E-state index contributed by atoms with van der Waals surface area (Å²) in [4.78, 5) is 12.4. The Hall–Kier alpha value is -2.59. The molecular formula is C23H26N2O2. The molecule has 4 rings (SSSR count). The molecule has 1 aliphatic carbocycles. The second-order valence-electron chi connectivity index (χ2n) is 7.44. The molecule has 27 heavy (non-hydrogen) atoms. The van der Waals surface area contributed by atoms with E-state index in [4.69, 9.17) is 4.74 Å². The number of anilines is 1. The summed E-state index contributed by atoms with van der Waals surface area (Å²) >= 11 is 0. The van der Waals surface area contributed by atoms with Gasteiger partial charge in [0, 0.05) is 30.8 Å². The Morgan fingerprint density at radius 2 is 2.15 bits per heavy atom. The number of nitrogens with one attached hydrogen (secondary N) is 2. The van der Waals surface area contributed by atoms with Crippen LogP contribution < -0.4 is 10.6 Å². The Kier molecular flexibility index (Phi) is 4.99. The van der Waals surface area contributed by atoms with Crippen molar-refractivity contribution in [3.8, 4) is 0 Å². The Labute approximate surface area is 160 Å². The molecule has 0 fully saturated rings. The topological polar surface area (TPSA) is 50.4 Å². The largest absolute Gasteiger partial charge is 0.383 e. The summed E-state index contributed by atoms with van der Waals surface area (Å²) in [6.07, 6.45) is 5.64. The van der Waals surface area contributed by atoms with Crippen molar-refractivity contribution in [2.24, 2.45) is 5.92 Å². The molecule has 0 bridgehead atoms. The average molecular weight is 362 g/mol. The lowest BCUT2D eigenvalue weighted by Crippen LogP contribution is -2.30. The predicted octanol–water partition coefficient (Wildman–Crippen LogP) is 4.20. The molecule has 0 aromatic heterocycles. The Morgan fingerprint density at radius 1 is 1.26 bits per heavy atom. The van der Waals surface area contributed by atoms with Crippen LogP contribution in [-0.2, 0) is 4.74 Å². The van der Waals surface area contributed by atoms with Gasteiger partial charge in [0.25, 0.3) is 5.91 Å². The quantitative estimate of drug-likeness (QED) is 0.619. The van der Waals surface area contributed by atoms with E-state index in [1.165, 1.54) is 16.7 Å². The first-order chi connectivity index (χ1) is 13.2. The van der Waals surface area contributed by atoms with Gasteiger partial charge in [-0.2, -0.15) is 0 Å². The zero-order valence-electron chi connectivity index (χ0n) is 15.9. The zero-order valence-corrected chi connectivity index (χ0v) is 15.9. The maximum absolute atomic E-state index is 12.4. The lowest BCUT2D eigenvalue weighted by molar-refractivity contribution is 0.0937. The van der Waals surface area contributed by atoms with Gasteiger partial charge in [0.2, 0.25) is 0 Å². The lowest BCUT2D eigenvalue weighted by Gasteiger charge is -2.37. The maximum atomic E-state index is 12.4. The summed E-state index contributed by atoms with van der Waals surface area (Å²) in [5.41, 5.74) is 5.67. The van der Waals surface area contributed by atoms with Gasteiger partial charge in [-0.3, -0.25) is 4.79 Å². The average Bonchev–Trinajstić information content (AvgIpc) is 3.17. The zero-order chi connectivity index (χ0) is 18.8. The summed E-state index contributed by atoms with van der Waals surface area (Å²) < 4.78 is 5.00. The summed E-state index contributed by atoms with van der Waals surface area (Å²) in [6.45, 7) is 3.18. The number of hydrogen-bond donors (Lipinski definition) is 2. The summed E-state index contributed by atoms with van der Waals surface area (Å²) in [5, 5.41) is 6.64. The maximum Gasteiger partial charge on any atom is 0.251 e. The molecule has 4 nitrogen and oxygen atoms in total. The highest BCUT2D eigenvalue weighted by molar-refractivity contribution is 5.95. The van der Waals surface area contributed by atoms with Gasteiger partial charge in [-0.05, 0) is 48.6 Å². The van der Waals surface area contributed by atoms with Gasteiger partial charge in [-0.25, -0.2) is 0 Å².